The Morgan fingerprint density at radius 2 is 2.16 bits per heavy atom. The predicted molar refractivity (Wildman–Crippen MR) is 73.9 cm³/mol. The van der Waals surface area contributed by atoms with Gasteiger partial charge in [-0.2, -0.15) is 0 Å². The van der Waals surface area contributed by atoms with Crippen LogP contribution in [0.2, 0.25) is 0 Å². The quantitative estimate of drug-likeness (QED) is 0.832. The summed E-state index contributed by atoms with van der Waals surface area (Å²) < 4.78 is 6.35. The van der Waals surface area contributed by atoms with Crippen LogP contribution in [0.5, 0.6) is 5.75 Å². The Morgan fingerprint density at radius 3 is 2.79 bits per heavy atom. The summed E-state index contributed by atoms with van der Waals surface area (Å²) in [4.78, 5) is 27.0. The number of hydrogen-bond acceptors (Lipinski definition) is 4. The van der Waals surface area contributed by atoms with Gasteiger partial charge in [0.1, 0.15) is 5.75 Å². The topological polar surface area (TPSA) is 76.1 Å². The number of fused-ring (bicyclic) bond motifs is 1. The molecule has 6 nitrogen and oxygen atoms in total. The van der Waals surface area contributed by atoms with Crippen molar-refractivity contribution in [3.63, 3.8) is 0 Å². The first kappa shape index (κ1) is 13.4. The number of para-hydroxylation sites is 1. The minimum Gasteiger partial charge on any atom is -0.495 e. The summed E-state index contributed by atoms with van der Waals surface area (Å²) in [6.45, 7) is 2.22. The molecule has 2 N–H and O–H groups in total. The van der Waals surface area contributed by atoms with Crippen molar-refractivity contribution in [2.75, 3.05) is 14.2 Å². The van der Waals surface area contributed by atoms with Gasteiger partial charge in [0.2, 0.25) is 0 Å². The second kappa shape index (κ2) is 5.27. The highest BCUT2D eigenvalue weighted by molar-refractivity contribution is 5.83. The highest BCUT2D eigenvalue weighted by Gasteiger charge is 2.12. The van der Waals surface area contributed by atoms with Gasteiger partial charge in [-0.1, -0.05) is 6.07 Å². The van der Waals surface area contributed by atoms with Gasteiger partial charge in [0.25, 0.3) is 5.56 Å². The maximum absolute atomic E-state index is 12.3. The monoisotopic (exact) mass is 263 g/mol. The standard InChI is InChI=1S/C13H17N3O3/c1-8(14-2)7-16-12(17)9-5-4-6-10(19-3)11(9)15-13(16)18/h4-6,8,14H,7H2,1-3H3,(H,15,18). The lowest BCUT2D eigenvalue weighted by Crippen LogP contribution is -2.40. The maximum Gasteiger partial charge on any atom is 0.328 e. The number of aromatic nitrogens is 2. The van der Waals surface area contributed by atoms with Crippen LogP contribution in [0.1, 0.15) is 6.92 Å². The van der Waals surface area contributed by atoms with Crippen LogP contribution in [0, 0.1) is 0 Å². The summed E-state index contributed by atoms with van der Waals surface area (Å²) in [7, 11) is 3.29. The SMILES string of the molecule is CNC(C)Cn1c(=O)[nH]c2c(OC)cccc2c1=O. The van der Waals surface area contributed by atoms with E-state index in [0.717, 1.165) is 0 Å². The van der Waals surface area contributed by atoms with Crippen LogP contribution in [-0.4, -0.2) is 29.8 Å². The third kappa shape index (κ3) is 2.39. The van der Waals surface area contributed by atoms with Crippen LogP contribution in [0.25, 0.3) is 10.9 Å². The van der Waals surface area contributed by atoms with Crippen LogP contribution in [-0.2, 0) is 6.54 Å². The van der Waals surface area contributed by atoms with Gasteiger partial charge in [-0.3, -0.25) is 9.36 Å². The van der Waals surface area contributed by atoms with E-state index in [1.807, 2.05) is 6.92 Å². The number of rotatable bonds is 4. The van der Waals surface area contributed by atoms with Crippen molar-refractivity contribution < 1.29 is 4.74 Å². The van der Waals surface area contributed by atoms with Crippen molar-refractivity contribution in [2.45, 2.75) is 19.5 Å². The van der Waals surface area contributed by atoms with Crippen molar-refractivity contribution in [1.29, 1.82) is 0 Å². The number of hydrogen-bond donors (Lipinski definition) is 2. The van der Waals surface area contributed by atoms with E-state index >= 15 is 0 Å². The molecule has 1 aromatic carbocycles. The number of ether oxygens (including phenoxy) is 1. The molecular weight excluding hydrogens is 246 g/mol. The molecule has 1 aromatic heterocycles. The molecule has 1 heterocycles. The minimum absolute atomic E-state index is 0.0295. The fraction of sp³-hybridized carbons (Fsp3) is 0.385. The van der Waals surface area contributed by atoms with Crippen molar-refractivity contribution in [3.8, 4) is 5.75 Å². The molecule has 1 unspecified atom stereocenters. The lowest BCUT2D eigenvalue weighted by molar-refractivity contribution is 0.418. The fourth-order valence-corrected chi connectivity index (χ4v) is 1.95. The molecule has 19 heavy (non-hydrogen) atoms. The van der Waals surface area contributed by atoms with Gasteiger partial charge >= 0.3 is 5.69 Å². The highest BCUT2D eigenvalue weighted by atomic mass is 16.5. The molecule has 2 aromatic rings. The Morgan fingerprint density at radius 1 is 1.42 bits per heavy atom. The zero-order valence-corrected chi connectivity index (χ0v) is 11.2. The van der Waals surface area contributed by atoms with Crippen LogP contribution >= 0.6 is 0 Å². The van der Waals surface area contributed by atoms with E-state index in [4.69, 9.17) is 4.74 Å². The van der Waals surface area contributed by atoms with E-state index in [2.05, 4.69) is 10.3 Å². The molecule has 2 rings (SSSR count). The molecule has 0 saturated heterocycles. The van der Waals surface area contributed by atoms with Crippen molar-refractivity contribution >= 4 is 10.9 Å². The van der Waals surface area contributed by atoms with Gasteiger partial charge in [0.05, 0.1) is 18.0 Å². The second-order valence-electron chi connectivity index (χ2n) is 4.42. The Labute approximate surface area is 110 Å². The fourth-order valence-electron chi connectivity index (χ4n) is 1.95. The zero-order chi connectivity index (χ0) is 14.0. The van der Waals surface area contributed by atoms with Crippen LogP contribution in [0.15, 0.2) is 27.8 Å². The number of methoxy groups -OCH3 is 1. The molecule has 0 radical (unpaired) electrons. The number of nitrogens with zero attached hydrogens (tertiary/aromatic N) is 1. The van der Waals surface area contributed by atoms with Crippen molar-refractivity contribution in [3.05, 3.63) is 39.0 Å². The summed E-state index contributed by atoms with van der Waals surface area (Å²) in [6.07, 6.45) is 0. The van der Waals surface area contributed by atoms with Crippen molar-refractivity contribution in [2.24, 2.45) is 0 Å². The first-order chi connectivity index (χ1) is 9.08. The number of nitrogens with one attached hydrogen (secondary N) is 2. The van der Waals surface area contributed by atoms with Crippen LogP contribution in [0.4, 0.5) is 0 Å². The van der Waals surface area contributed by atoms with Gasteiger partial charge in [0, 0.05) is 12.6 Å². The lowest BCUT2D eigenvalue weighted by Gasteiger charge is -2.12. The molecule has 0 aliphatic rings. The van der Waals surface area contributed by atoms with E-state index in [0.29, 0.717) is 23.2 Å². The third-order valence-corrected chi connectivity index (χ3v) is 3.15. The number of aromatic amines is 1. The van der Waals surface area contributed by atoms with E-state index in [-0.39, 0.29) is 11.6 Å². The summed E-state index contributed by atoms with van der Waals surface area (Å²) in [5.41, 5.74) is -0.294. The number of benzene rings is 1. The van der Waals surface area contributed by atoms with Crippen LogP contribution in [0.3, 0.4) is 0 Å². The highest BCUT2D eigenvalue weighted by Crippen LogP contribution is 2.19. The molecule has 102 valence electrons. The van der Waals surface area contributed by atoms with Gasteiger partial charge in [-0.25, -0.2) is 4.79 Å². The van der Waals surface area contributed by atoms with E-state index in [1.54, 1.807) is 25.2 Å². The Kier molecular flexibility index (Phi) is 3.71. The molecule has 6 heteroatoms. The largest absolute Gasteiger partial charge is 0.495 e. The summed E-state index contributed by atoms with van der Waals surface area (Å²) >= 11 is 0. The van der Waals surface area contributed by atoms with Crippen molar-refractivity contribution in [1.82, 2.24) is 14.9 Å². The van der Waals surface area contributed by atoms with E-state index < -0.39 is 5.69 Å². The zero-order valence-electron chi connectivity index (χ0n) is 11.2. The molecule has 0 spiro atoms. The Bertz CT molecular complexity index is 702. The summed E-state index contributed by atoms with van der Waals surface area (Å²) in [5.74, 6) is 0.487. The summed E-state index contributed by atoms with van der Waals surface area (Å²) in [5, 5.41) is 3.45. The molecule has 0 aliphatic heterocycles. The number of H-pyrrole nitrogens is 1. The molecule has 0 amide bonds. The molecule has 0 saturated carbocycles. The lowest BCUT2D eigenvalue weighted by atomic mass is 10.2. The second-order valence-corrected chi connectivity index (χ2v) is 4.42. The van der Waals surface area contributed by atoms with Gasteiger partial charge in [-0.15, -0.1) is 0 Å². The van der Waals surface area contributed by atoms with E-state index in [1.165, 1.54) is 11.7 Å². The Balaban J connectivity index is 2.70. The number of likely N-dealkylation sites (N-methyl/N-ethyl adjacent to an activating group) is 1. The average molecular weight is 263 g/mol. The maximum atomic E-state index is 12.3. The average Bonchev–Trinajstić information content (AvgIpc) is 2.42. The molecule has 0 bridgehead atoms. The minimum atomic E-state index is -0.427. The normalized spacial score (nSPS) is 12.6. The molecule has 1 atom stereocenters. The molecule has 0 fully saturated rings. The molecule has 0 aliphatic carbocycles. The molecular formula is C13H17N3O3. The van der Waals surface area contributed by atoms with E-state index in [9.17, 15) is 9.59 Å². The predicted octanol–water partition coefficient (Wildman–Crippen LogP) is 0.306. The summed E-state index contributed by atoms with van der Waals surface area (Å²) in [6, 6.07) is 5.14. The Hall–Kier alpha value is -2.08. The van der Waals surface area contributed by atoms with Crippen LogP contribution < -0.4 is 21.3 Å². The smallest absolute Gasteiger partial charge is 0.328 e. The first-order valence-corrected chi connectivity index (χ1v) is 6.05. The van der Waals surface area contributed by atoms with Gasteiger partial charge < -0.3 is 15.0 Å². The first-order valence-electron chi connectivity index (χ1n) is 6.05. The van der Waals surface area contributed by atoms with Gasteiger partial charge in [-0.05, 0) is 26.1 Å². The third-order valence-electron chi connectivity index (χ3n) is 3.15. The van der Waals surface area contributed by atoms with Gasteiger partial charge in [0.15, 0.2) is 0 Å².